The van der Waals surface area contributed by atoms with Crippen molar-refractivity contribution in [3.63, 3.8) is 0 Å². The van der Waals surface area contributed by atoms with Gasteiger partial charge >= 0.3 is 5.97 Å². The molecule has 1 heterocycles. The first-order valence-electron chi connectivity index (χ1n) is 5.58. The van der Waals surface area contributed by atoms with Crippen LogP contribution in [0.1, 0.15) is 24.3 Å². The summed E-state index contributed by atoms with van der Waals surface area (Å²) in [5.74, 6) is -0.205. The van der Waals surface area contributed by atoms with Gasteiger partial charge in [0.2, 0.25) is 0 Å². The van der Waals surface area contributed by atoms with Crippen LogP contribution in [-0.2, 0) is 0 Å². The first-order valence-corrected chi connectivity index (χ1v) is 6.57. The van der Waals surface area contributed by atoms with Crippen molar-refractivity contribution in [1.29, 1.82) is 0 Å². The highest BCUT2D eigenvalue weighted by atomic mass is 32.2. The Bertz CT molecular complexity index is 369. The summed E-state index contributed by atoms with van der Waals surface area (Å²) >= 11 is 1.44. The number of hydrogen-bond donors (Lipinski definition) is 1. The largest absolute Gasteiger partial charge is 0.476 e. The third-order valence-electron chi connectivity index (χ3n) is 2.41. The van der Waals surface area contributed by atoms with Gasteiger partial charge in [-0.05, 0) is 13.1 Å². The normalized spacial score (nSPS) is 10.8. The fraction of sp³-hybridized carbons (Fsp3) is 0.545. The van der Waals surface area contributed by atoms with E-state index in [2.05, 4.69) is 28.7 Å². The Balaban J connectivity index is 2.54. The summed E-state index contributed by atoms with van der Waals surface area (Å²) in [4.78, 5) is 21.1. The van der Waals surface area contributed by atoms with E-state index in [1.54, 1.807) is 0 Å². The molecule has 0 unspecified atom stereocenters. The van der Waals surface area contributed by atoms with Crippen molar-refractivity contribution in [2.24, 2.45) is 0 Å². The van der Waals surface area contributed by atoms with Crippen molar-refractivity contribution in [2.75, 3.05) is 25.4 Å². The topological polar surface area (TPSA) is 66.3 Å². The lowest BCUT2D eigenvalue weighted by atomic mass is 10.5. The molecule has 1 rings (SSSR count). The summed E-state index contributed by atoms with van der Waals surface area (Å²) in [5.41, 5.74) is 0.0389. The number of rotatable bonds is 7. The van der Waals surface area contributed by atoms with Crippen molar-refractivity contribution < 1.29 is 9.90 Å². The molecule has 17 heavy (non-hydrogen) atoms. The molecule has 1 aromatic rings. The second-order valence-corrected chi connectivity index (χ2v) is 4.47. The molecule has 0 aromatic carbocycles. The minimum atomic E-state index is -1.02. The maximum absolute atomic E-state index is 10.9. The summed E-state index contributed by atoms with van der Waals surface area (Å²) < 4.78 is 0. The van der Waals surface area contributed by atoms with Crippen LogP contribution in [0.4, 0.5) is 0 Å². The lowest BCUT2D eigenvalue weighted by Crippen LogP contribution is -2.25. The van der Waals surface area contributed by atoms with E-state index in [-0.39, 0.29) is 5.69 Å². The van der Waals surface area contributed by atoms with Crippen molar-refractivity contribution >= 4 is 17.7 Å². The summed E-state index contributed by atoms with van der Waals surface area (Å²) in [6.07, 6.45) is 2.92. The van der Waals surface area contributed by atoms with Crippen molar-refractivity contribution in [3.8, 4) is 0 Å². The average molecular weight is 255 g/mol. The summed E-state index contributed by atoms with van der Waals surface area (Å²) in [7, 11) is 0. The molecule has 0 spiro atoms. The van der Waals surface area contributed by atoms with Gasteiger partial charge in [-0.3, -0.25) is 0 Å². The number of aromatic carboxylic acids is 1. The van der Waals surface area contributed by atoms with Gasteiger partial charge in [0.25, 0.3) is 0 Å². The molecule has 0 atom stereocenters. The smallest absolute Gasteiger partial charge is 0.357 e. The van der Waals surface area contributed by atoms with Crippen LogP contribution in [-0.4, -0.2) is 51.3 Å². The lowest BCUT2D eigenvalue weighted by molar-refractivity contribution is 0.0685. The minimum absolute atomic E-state index is 0.0389. The number of thioether (sulfide) groups is 1. The Morgan fingerprint density at radius 3 is 2.59 bits per heavy atom. The average Bonchev–Trinajstić information content (AvgIpc) is 2.35. The van der Waals surface area contributed by atoms with Crippen molar-refractivity contribution in [2.45, 2.75) is 18.9 Å². The van der Waals surface area contributed by atoms with E-state index >= 15 is 0 Å². The number of carboxylic acids is 1. The van der Waals surface area contributed by atoms with Gasteiger partial charge in [-0.25, -0.2) is 14.8 Å². The second-order valence-electron chi connectivity index (χ2n) is 3.39. The first-order chi connectivity index (χ1) is 8.19. The third-order valence-corrected chi connectivity index (χ3v) is 3.37. The van der Waals surface area contributed by atoms with Crippen LogP contribution in [0.15, 0.2) is 17.4 Å². The molecule has 0 aliphatic rings. The Labute approximate surface area is 105 Å². The van der Waals surface area contributed by atoms with Gasteiger partial charge in [0, 0.05) is 24.7 Å². The number of aromatic nitrogens is 2. The van der Waals surface area contributed by atoms with Crippen LogP contribution in [0.3, 0.4) is 0 Å². The van der Waals surface area contributed by atoms with Crippen LogP contribution in [0, 0.1) is 0 Å². The number of hydrogen-bond acceptors (Lipinski definition) is 5. The summed E-state index contributed by atoms with van der Waals surface area (Å²) in [5, 5.41) is 9.43. The second kappa shape index (κ2) is 7.24. The Hall–Kier alpha value is -1.14. The van der Waals surface area contributed by atoms with E-state index < -0.39 is 5.97 Å². The highest BCUT2D eigenvalue weighted by Crippen LogP contribution is 2.18. The fourth-order valence-electron chi connectivity index (χ4n) is 1.39. The van der Waals surface area contributed by atoms with Gasteiger partial charge < -0.3 is 10.0 Å². The molecule has 0 saturated carbocycles. The molecule has 0 amide bonds. The first kappa shape index (κ1) is 13.9. The van der Waals surface area contributed by atoms with Gasteiger partial charge in [-0.15, -0.1) is 11.8 Å². The number of carbonyl (C=O) groups is 1. The van der Waals surface area contributed by atoms with Gasteiger partial charge in [-0.2, -0.15) is 0 Å². The molecule has 0 bridgehead atoms. The predicted molar refractivity (Wildman–Crippen MR) is 67.5 cm³/mol. The molecule has 5 nitrogen and oxygen atoms in total. The van der Waals surface area contributed by atoms with E-state index in [1.165, 1.54) is 24.2 Å². The molecule has 94 valence electrons. The SMILES string of the molecule is CCN(CC)CCSc1nccnc1C(=O)O. The zero-order valence-corrected chi connectivity index (χ0v) is 10.9. The van der Waals surface area contributed by atoms with Crippen LogP contribution < -0.4 is 0 Å². The maximum Gasteiger partial charge on any atom is 0.357 e. The highest BCUT2D eigenvalue weighted by Gasteiger charge is 2.12. The molecule has 6 heteroatoms. The molecule has 0 aliphatic carbocycles. The molecule has 0 saturated heterocycles. The molecule has 0 aliphatic heterocycles. The van der Waals surface area contributed by atoms with Gasteiger partial charge in [0.15, 0.2) is 5.69 Å². The van der Waals surface area contributed by atoms with Crippen molar-refractivity contribution in [3.05, 3.63) is 18.1 Å². The number of carboxylic acid groups (broad SMARTS) is 1. The van der Waals surface area contributed by atoms with Gasteiger partial charge in [-0.1, -0.05) is 13.8 Å². The van der Waals surface area contributed by atoms with E-state index in [4.69, 9.17) is 5.11 Å². The van der Waals surface area contributed by atoms with E-state index in [9.17, 15) is 4.79 Å². The summed E-state index contributed by atoms with van der Waals surface area (Å²) in [6, 6.07) is 0. The lowest BCUT2D eigenvalue weighted by Gasteiger charge is -2.17. The van der Waals surface area contributed by atoms with Crippen LogP contribution >= 0.6 is 11.8 Å². The van der Waals surface area contributed by atoms with Crippen LogP contribution in [0.2, 0.25) is 0 Å². The molecule has 1 aromatic heterocycles. The Morgan fingerprint density at radius 2 is 2.00 bits per heavy atom. The Morgan fingerprint density at radius 1 is 1.35 bits per heavy atom. The molecular formula is C11H17N3O2S. The monoisotopic (exact) mass is 255 g/mol. The predicted octanol–water partition coefficient (Wildman–Crippen LogP) is 1.61. The van der Waals surface area contributed by atoms with Crippen molar-refractivity contribution in [1.82, 2.24) is 14.9 Å². The molecule has 0 fully saturated rings. The maximum atomic E-state index is 10.9. The highest BCUT2D eigenvalue weighted by molar-refractivity contribution is 7.99. The van der Waals surface area contributed by atoms with E-state index in [0.717, 1.165) is 25.4 Å². The molecule has 0 radical (unpaired) electrons. The van der Waals surface area contributed by atoms with E-state index in [0.29, 0.717) is 5.03 Å². The van der Waals surface area contributed by atoms with Gasteiger partial charge in [0.05, 0.1) is 0 Å². The zero-order valence-electron chi connectivity index (χ0n) is 10.1. The minimum Gasteiger partial charge on any atom is -0.476 e. The standard InChI is InChI=1S/C11H17N3O2S/c1-3-14(4-2)7-8-17-10-9(11(15)16)12-5-6-13-10/h5-6H,3-4,7-8H2,1-2H3,(H,15,16). The Kier molecular flexibility index (Phi) is 5.93. The zero-order chi connectivity index (χ0) is 12.7. The van der Waals surface area contributed by atoms with Crippen LogP contribution in [0.25, 0.3) is 0 Å². The van der Waals surface area contributed by atoms with Gasteiger partial charge in [0.1, 0.15) is 5.03 Å². The van der Waals surface area contributed by atoms with Crippen LogP contribution in [0.5, 0.6) is 0 Å². The quantitative estimate of drug-likeness (QED) is 0.747. The molecule has 1 N–H and O–H groups in total. The van der Waals surface area contributed by atoms with E-state index in [1.807, 2.05) is 0 Å². The fourth-order valence-corrected chi connectivity index (χ4v) is 2.34. The summed E-state index contributed by atoms with van der Waals surface area (Å²) in [6.45, 7) is 7.15. The molecular weight excluding hydrogens is 238 g/mol. The third kappa shape index (κ3) is 4.32. The number of nitrogens with zero attached hydrogens (tertiary/aromatic N) is 3.